The zero-order valence-electron chi connectivity index (χ0n) is 18.5. The molecule has 0 atom stereocenters. The number of methoxy groups -OCH3 is 3. The molecule has 0 spiro atoms. The largest absolute Gasteiger partial charge is 0.493 e. The molecule has 0 aliphatic heterocycles. The minimum absolute atomic E-state index is 0.136. The first-order valence-corrected chi connectivity index (χ1v) is 11.8. The Balaban J connectivity index is 2.03. The monoisotopic (exact) mass is 446 g/mol. The standard InChI is InChI=1S/C23H30N2O5S/c1-16-10-12-19(13-11-16)31(26,27)25-24-22(17-8-6-5-7-9-17)18-14-20(28-2)23(30-4)21(15-18)29-3/h10-15,17,25H,5-9H2,1-4H3/b24-22+. The van der Waals surface area contributed by atoms with E-state index >= 15 is 0 Å². The zero-order valence-corrected chi connectivity index (χ0v) is 19.3. The Bertz CT molecular complexity index is 1000. The van der Waals surface area contributed by atoms with Crippen LogP contribution in [0.25, 0.3) is 0 Å². The van der Waals surface area contributed by atoms with E-state index in [-0.39, 0.29) is 10.8 Å². The SMILES string of the molecule is COc1cc(/C(=N/NS(=O)(=O)c2ccc(C)cc2)C2CCCCC2)cc(OC)c1OC. The second-order valence-electron chi connectivity index (χ2n) is 7.65. The third-order valence-corrected chi connectivity index (χ3v) is 6.79. The predicted octanol–water partition coefficient (Wildman–Crippen LogP) is 4.28. The molecule has 7 nitrogen and oxygen atoms in total. The molecule has 3 rings (SSSR count). The summed E-state index contributed by atoms with van der Waals surface area (Å²) in [6.45, 7) is 1.91. The van der Waals surface area contributed by atoms with E-state index in [4.69, 9.17) is 14.2 Å². The van der Waals surface area contributed by atoms with Gasteiger partial charge in [-0.15, -0.1) is 0 Å². The van der Waals surface area contributed by atoms with Gasteiger partial charge in [0.05, 0.1) is 31.9 Å². The average Bonchev–Trinajstić information content (AvgIpc) is 2.79. The molecular formula is C23H30N2O5S. The number of aryl methyl sites for hydroxylation is 1. The Labute approximate surface area is 184 Å². The molecule has 168 valence electrons. The highest BCUT2D eigenvalue weighted by Gasteiger charge is 2.25. The van der Waals surface area contributed by atoms with Crippen LogP contribution in [0.5, 0.6) is 17.2 Å². The van der Waals surface area contributed by atoms with Crippen molar-refractivity contribution in [3.05, 3.63) is 47.5 Å². The van der Waals surface area contributed by atoms with E-state index in [0.717, 1.165) is 36.8 Å². The second kappa shape index (κ2) is 10.0. The fourth-order valence-electron chi connectivity index (χ4n) is 3.88. The summed E-state index contributed by atoms with van der Waals surface area (Å²) in [5.74, 6) is 1.62. The lowest BCUT2D eigenvalue weighted by Gasteiger charge is -2.24. The molecule has 0 radical (unpaired) electrons. The normalized spacial score (nSPS) is 15.4. The lowest BCUT2D eigenvalue weighted by molar-refractivity contribution is 0.324. The van der Waals surface area contributed by atoms with Gasteiger partial charge in [-0.2, -0.15) is 18.4 Å². The van der Waals surface area contributed by atoms with E-state index < -0.39 is 10.0 Å². The Hall–Kier alpha value is -2.74. The number of nitrogens with one attached hydrogen (secondary N) is 1. The van der Waals surface area contributed by atoms with Gasteiger partial charge in [0.1, 0.15) is 0 Å². The Morgan fingerprint density at radius 2 is 1.52 bits per heavy atom. The third-order valence-electron chi connectivity index (χ3n) is 5.57. The van der Waals surface area contributed by atoms with Crippen molar-refractivity contribution in [2.24, 2.45) is 11.0 Å². The minimum Gasteiger partial charge on any atom is -0.493 e. The topological polar surface area (TPSA) is 86.2 Å². The number of sulfonamides is 1. The first-order valence-electron chi connectivity index (χ1n) is 10.4. The minimum atomic E-state index is -3.79. The first-order chi connectivity index (χ1) is 14.9. The van der Waals surface area contributed by atoms with Crippen LogP contribution >= 0.6 is 0 Å². The van der Waals surface area contributed by atoms with E-state index in [0.29, 0.717) is 23.0 Å². The molecule has 1 aliphatic carbocycles. The molecular weight excluding hydrogens is 416 g/mol. The molecule has 2 aromatic rings. The summed E-state index contributed by atoms with van der Waals surface area (Å²) in [6.07, 6.45) is 5.23. The summed E-state index contributed by atoms with van der Waals surface area (Å²) >= 11 is 0. The van der Waals surface area contributed by atoms with Crippen LogP contribution in [0.2, 0.25) is 0 Å². The van der Waals surface area contributed by atoms with Gasteiger partial charge in [0.25, 0.3) is 10.0 Å². The number of benzene rings is 2. The lowest BCUT2D eigenvalue weighted by atomic mass is 9.83. The number of rotatable bonds is 8. The van der Waals surface area contributed by atoms with Crippen LogP contribution in [-0.2, 0) is 10.0 Å². The van der Waals surface area contributed by atoms with Crippen LogP contribution < -0.4 is 19.0 Å². The Morgan fingerprint density at radius 3 is 2.03 bits per heavy atom. The van der Waals surface area contributed by atoms with E-state index in [1.807, 2.05) is 19.1 Å². The smallest absolute Gasteiger partial charge is 0.276 e. The molecule has 0 unspecified atom stereocenters. The van der Waals surface area contributed by atoms with Crippen molar-refractivity contribution in [2.45, 2.75) is 43.9 Å². The zero-order chi connectivity index (χ0) is 22.4. The average molecular weight is 447 g/mol. The summed E-state index contributed by atoms with van der Waals surface area (Å²) in [5.41, 5.74) is 2.41. The highest BCUT2D eigenvalue weighted by atomic mass is 32.2. The van der Waals surface area contributed by atoms with E-state index in [2.05, 4.69) is 9.93 Å². The quantitative estimate of drug-likeness (QED) is 0.483. The van der Waals surface area contributed by atoms with E-state index in [1.54, 1.807) is 45.6 Å². The number of hydrazone groups is 1. The van der Waals surface area contributed by atoms with Crippen LogP contribution in [0.4, 0.5) is 0 Å². The summed E-state index contributed by atoms with van der Waals surface area (Å²) in [6, 6.07) is 10.3. The summed E-state index contributed by atoms with van der Waals surface area (Å²) in [5, 5.41) is 4.42. The highest BCUT2D eigenvalue weighted by molar-refractivity contribution is 7.89. The molecule has 1 N–H and O–H groups in total. The molecule has 0 heterocycles. The summed E-state index contributed by atoms with van der Waals surface area (Å²) in [4.78, 5) is 2.62. The second-order valence-corrected chi connectivity index (χ2v) is 9.31. The number of hydrogen-bond acceptors (Lipinski definition) is 6. The first kappa shape index (κ1) is 22.9. The number of ether oxygens (including phenoxy) is 3. The van der Waals surface area contributed by atoms with Gasteiger partial charge in [-0.1, -0.05) is 37.0 Å². The number of hydrogen-bond donors (Lipinski definition) is 1. The third kappa shape index (κ3) is 5.31. The Morgan fingerprint density at radius 1 is 0.935 bits per heavy atom. The van der Waals surface area contributed by atoms with Crippen molar-refractivity contribution in [2.75, 3.05) is 21.3 Å². The van der Waals surface area contributed by atoms with Gasteiger partial charge in [-0.3, -0.25) is 0 Å². The number of nitrogens with zero attached hydrogens (tertiary/aromatic N) is 1. The van der Waals surface area contributed by atoms with Crippen molar-refractivity contribution in [3.8, 4) is 17.2 Å². The molecule has 31 heavy (non-hydrogen) atoms. The van der Waals surface area contributed by atoms with Crippen LogP contribution in [0.1, 0.15) is 43.2 Å². The van der Waals surface area contributed by atoms with Gasteiger partial charge in [-0.25, -0.2) is 0 Å². The molecule has 2 aromatic carbocycles. The van der Waals surface area contributed by atoms with Crippen molar-refractivity contribution >= 4 is 15.7 Å². The van der Waals surface area contributed by atoms with Gasteiger partial charge in [0.2, 0.25) is 5.75 Å². The molecule has 0 saturated heterocycles. The maximum Gasteiger partial charge on any atom is 0.276 e. The van der Waals surface area contributed by atoms with E-state index in [1.165, 1.54) is 6.42 Å². The molecule has 0 amide bonds. The van der Waals surface area contributed by atoms with Crippen LogP contribution in [0.15, 0.2) is 46.4 Å². The Kier molecular flexibility index (Phi) is 7.43. The van der Waals surface area contributed by atoms with Crippen LogP contribution in [-0.4, -0.2) is 35.5 Å². The van der Waals surface area contributed by atoms with Crippen LogP contribution in [0, 0.1) is 12.8 Å². The molecule has 0 aromatic heterocycles. The van der Waals surface area contributed by atoms with Crippen molar-refractivity contribution in [1.29, 1.82) is 0 Å². The summed E-state index contributed by atoms with van der Waals surface area (Å²) < 4.78 is 42.0. The molecule has 1 saturated carbocycles. The van der Waals surface area contributed by atoms with Crippen LogP contribution in [0.3, 0.4) is 0 Å². The maximum absolute atomic E-state index is 12.8. The fraction of sp³-hybridized carbons (Fsp3) is 0.435. The van der Waals surface area contributed by atoms with Crippen molar-refractivity contribution < 1.29 is 22.6 Å². The lowest BCUT2D eigenvalue weighted by Crippen LogP contribution is -2.25. The fourth-order valence-corrected chi connectivity index (χ4v) is 4.69. The highest BCUT2D eigenvalue weighted by Crippen LogP contribution is 2.40. The van der Waals surface area contributed by atoms with Gasteiger partial charge in [0, 0.05) is 11.5 Å². The van der Waals surface area contributed by atoms with Crippen molar-refractivity contribution in [1.82, 2.24) is 4.83 Å². The summed E-state index contributed by atoms with van der Waals surface area (Å²) in [7, 11) is 0.868. The van der Waals surface area contributed by atoms with Gasteiger partial charge >= 0.3 is 0 Å². The molecule has 1 fully saturated rings. The molecule has 8 heteroatoms. The molecule has 1 aliphatic rings. The van der Waals surface area contributed by atoms with Crippen molar-refractivity contribution in [3.63, 3.8) is 0 Å². The van der Waals surface area contributed by atoms with Gasteiger partial charge in [0.15, 0.2) is 11.5 Å². The van der Waals surface area contributed by atoms with Gasteiger partial charge in [-0.05, 0) is 44.0 Å². The van der Waals surface area contributed by atoms with E-state index in [9.17, 15) is 8.42 Å². The molecule has 0 bridgehead atoms. The van der Waals surface area contributed by atoms with Gasteiger partial charge < -0.3 is 14.2 Å². The maximum atomic E-state index is 12.8. The predicted molar refractivity (Wildman–Crippen MR) is 121 cm³/mol.